The lowest BCUT2D eigenvalue weighted by Crippen LogP contribution is -2.45. The second-order valence-corrected chi connectivity index (χ2v) is 6.11. The van der Waals surface area contributed by atoms with E-state index in [4.69, 9.17) is 0 Å². The second-order valence-electron chi connectivity index (χ2n) is 5.33. The maximum Gasteiger partial charge on any atom is 0.151 e. The summed E-state index contributed by atoms with van der Waals surface area (Å²) in [6.45, 7) is 5.02. The van der Waals surface area contributed by atoms with Crippen molar-refractivity contribution in [2.75, 3.05) is 18.0 Å². The fraction of sp³-hybridized carbons (Fsp3) is 0.467. The normalized spacial score (nSPS) is 19.2. The molecule has 0 radical (unpaired) electrons. The van der Waals surface area contributed by atoms with E-state index in [9.17, 15) is 0 Å². The van der Waals surface area contributed by atoms with Gasteiger partial charge < -0.3 is 10.2 Å². The van der Waals surface area contributed by atoms with Crippen molar-refractivity contribution in [3.05, 3.63) is 40.2 Å². The largest absolute Gasteiger partial charge is 0.354 e. The van der Waals surface area contributed by atoms with Crippen molar-refractivity contribution in [2.45, 2.75) is 32.4 Å². The molecule has 1 atom stereocenters. The van der Waals surface area contributed by atoms with Gasteiger partial charge >= 0.3 is 0 Å². The summed E-state index contributed by atoms with van der Waals surface area (Å²) >= 11 is 1.76. The molecule has 0 saturated carbocycles. The SMILES string of the molecule is Cc1ccc(N2CCC[C@@H](NCc3ccsc3)C2)nn1. The number of piperidine rings is 1. The average Bonchev–Trinajstić information content (AvgIpc) is 3.00. The lowest BCUT2D eigenvalue weighted by atomic mass is 10.1. The molecule has 0 amide bonds. The summed E-state index contributed by atoms with van der Waals surface area (Å²) in [6.07, 6.45) is 2.44. The van der Waals surface area contributed by atoms with Crippen molar-refractivity contribution in [3.63, 3.8) is 0 Å². The summed E-state index contributed by atoms with van der Waals surface area (Å²) in [6, 6.07) is 6.82. The highest BCUT2D eigenvalue weighted by molar-refractivity contribution is 7.07. The van der Waals surface area contributed by atoms with E-state index in [0.717, 1.165) is 31.1 Å². The number of rotatable bonds is 4. The lowest BCUT2D eigenvalue weighted by molar-refractivity contribution is 0.419. The number of anilines is 1. The van der Waals surface area contributed by atoms with E-state index in [1.807, 2.05) is 13.0 Å². The van der Waals surface area contributed by atoms with Crippen LogP contribution in [0.1, 0.15) is 24.1 Å². The maximum absolute atomic E-state index is 4.30. The summed E-state index contributed by atoms with van der Waals surface area (Å²) in [5.41, 5.74) is 2.35. The van der Waals surface area contributed by atoms with E-state index in [2.05, 4.69) is 43.3 Å². The molecule has 4 nitrogen and oxygen atoms in total. The monoisotopic (exact) mass is 288 g/mol. The molecule has 0 bridgehead atoms. The van der Waals surface area contributed by atoms with E-state index in [-0.39, 0.29) is 0 Å². The van der Waals surface area contributed by atoms with Crippen molar-refractivity contribution >= 4 is 17.2 Å². The predicted octanol–water partition coefficient (Wildman–Crippen LogP) is 2.61. The third-order valence-corrected chi connectivity index (χ3v) is 4.44. The molecule has 20 heavy (non-hydrogen) atoms. The molecule has 3 rings (SSSR count). The summed E-state index contributed by atoms with van der Waals surface area (Å²) in [4.78, 5) is 2.33. The highest BCUT2D eigenvalue weighted by Gasteiger charge is 2.20. The summed E-state index contributed by atoms with van der Waals surface area (Å²) in [7, 11) is 0. The molecule has 0 aliphatic carbocycles. The van der Waals surface area contributed by atoms with Gasteiger partial charge in [-0.05, 0) is 54.3 Å². The number of aryl methyl sites for hydroxylation is 1. The molecule has 2 aromatic rings. The van der Waals surface area contributed by atoms with Crippen molar-refractivity contribution in [1.29, 1.82) is 0 Å². The van der Waals surface area contributed by atoms with E-state index in [1.54, 1.807) is 11.3 Å². The first-order valence-electron chi connectivity index (χ1n) is 7.11. The van der Waals surface area contributed by atoms with Crippen LogP contribution < -0.4 is 10.2 Å². The van der Waals surface area contributed by atoms with Gasteiger partial charge in [-0.25, -0.2) is 0 Å². The Balaban J connectivity index is 1.57. The van der Waals surface area contributed by atoms with Crippen molar-refractivity contribution in [3.8, 4) is 0 Å². The molecule has 0 spiro atoms. The van der Waals surface area contributed by atoms with Crippen LogP contribution >= 0.6 is 11.3 Å². The number of aromatic nitrogens is 2. The Hall–Kier alpha value is -1.46. The molecule has 106 valence electrons. The lowest BCUT2D eigenvalue weighted by Gasteiger charge is -2.33. The van der Waals surface area contributed by atoms with Crippen LogP contribution in [-0.4, -0.2) is 29.3 Å². The quantitative estimate of drug-likeness (QED) is 0.939. The first-order chi connectivity index (χ1) is 9.81. The van der Waals surface area contributed by atoms with Gasteiger partial charge in [-0.1, -0.05) is 0 Å². The van der Waals surface area contributed by atoms with Gasteiger partial charge in [0.15, 0.2) is 5.82 Å². The zero-order valence-corrected chi connectivity index (χ0v) is 12.6. The molecule has 0 aromatic carbocycles. The molecular weight excluding hydrogens is 268 g/mol. The second kappa shape index (κ2) is 6.33. The first kappa shape index (κ1) is 13.5. The van der Waals surface area contributed by atoms with Crippen LogP contribution in [-0.2, 0) is 6.54 Å². The average molecular weight is 288 g/mol. The van der Waals surface area contributed by atoms with Gasteiger partial charge in [0.05, 0.1) is 5.69 Å². The van der Waals surface area contributed by atoms with Crippen LogP contribution in [0.15, 0.2) is 29.0 Å². The number of hydrogen-bond donors (Lipinski definition) is 1. The van der Waals surface area contributed by atoms with Gasteiger partial charge in [0.1, 0.15) is 0 Å². The Bertz CT molecular complexity index is 523. The zero-order valence-electron chi connectivity index (χ0n) is 11.7. The summed E-state index contributed by atoms with van der Waals surface area (Å²) in [5.74, 6) is 0.998. The molecular formula is C15H20N4S. The van der Waals surface area contributed by atoms with Crippen LogP contribution in [0, 0.1) is 6.92 Å². The Morgan fingerprint density at radius 2 is 2.30 bits per heavy atom. The van der Waals surface area contributed by atoms with Crippen LogP contribution in [0.4, 0.5) is 5.82 Å². The van der Waals surface area contributed by atoms with Gasteiger partial charge in [0.25, 0.3) is 0 Å². The molecule has 0 unspecified atom stereocenters. The van der Waals surface area contributed by atoms with Crippen LogP contribution in [0.5, 0.6) is 0 Å². The van der Waals surface area contributed by atoms with Gasteiger partial charge in [-0.2, -0.15) is 16.4 Å². The molecule has 5 heteroatoms. The number of hydrogen-bond acceptors (Lipinski definition) is 5. The minimum absolute atomic E-state index is 0.534. The van der Waals surface area contributed by atoms with Gasteiger partial charge in [-0.15, -0.1) is 5.10 Å². The molecule has 1 fully saturated rings. The Morgan fingerprint density at radius 1 is 1.35 bits per heavy atom. The molecule has 1 saturated heterocycles. The minimum atomic E-state index is 0.534. The summed E-state index contributed by atoms with van der Waals surface area (Å²) < 4.78 is 0. The Kier molecular flexibility index (Phi) is 4.28. The van der Waals surface area contributed by atoms with E-state index >= 15 is 0 Å². The fourth-order valence-electron chi connectivity index (χ4n) is 2.57. The molecule has 3 heterocycles. The number of nitrogens with zero attached hydrogens (tertiary/aromatic N) is 3. The molecule has 2 aromatic heterocycles. The topological polar surface area (TPSA) is 41.0 Å². The van der Waals surface area contributed by atoms with Crippen molar-refractivity contribution < 1.29 is 0 Å². The third-order valence-electron chi connectivity index (χ3n) is 3.70. The minimum Gasteiger partial charge on any atom is -0.354 e. The first-order valence-corrected chi connectivity index (χ1v) is 8.05. The Morgan fingerprint density at radius 3 is 3.05 bits per heavy atom. The molecule has 1 aliphatic rings. The highest BCUT2D eigenvalue weighted by Crippen LogP contribution is 2.17. The van der Waals surface area contributed by atoms with Crippen LogP contribution in [0.3, 0.4) is 0 Å². The zero-order chi connectivity index (χ0) is 13.8. The summed E-state index contributed by atoms with van der Waals surface area (Å²) in [5, 5.41) is 16.4. The van der Waals surface area contributed by atoms with Gasteiger partial charge in [0, 0.05) is 25.7 Å². The van der Waals surface area contributed by atoms with E-state index in [1.165, 1.54) is 18.4 Å². The van der Waals surface area contributed by atoms with Crippen LogP contribution in [0.2, 0.25) is 0 Å². The highest BCUT2D eigenvalue weighted by atomic mass is 32.1. The van der Waals surface area contributed by atoms with Crippen molar-refractivity contribution in [2.24, 2.45) is 0 Å². The third kappa shape index (κ3) is 3.35. The predicted molar refractivity (Wildman–Crippen MR) is 83.2 cm³/mol. The molecule has 1 aliphatic heterocycles. The van der Waals surface area contributed by atoms with Gasteiger partial charge in [0.2, 0.25) is 0 Å². The van der Waals surface area contributed by atoms with E-state index < -0.39 is 0 Å². The van der Waals surface area contributed by atoms with Gasteiger partial charge in [-0.3, -0.25) is 0 Å². The maximum atomic E-state index is 4.30. The number of thiophene rings is 1. The Labute approximate surface area is 123 Å². The van der Waals surface area contributed by atoms with Crippen molar-refractivity contribution in [1.82, 2.24) is 15.5 Å². The molecule has 1 N–H and O–H groups in total. The standard InChI is InChI=1S/C15H20N4S/c1-12-4-5-15(18-17-12)19-7-2-3-14(10-19)16-9-13-6-8-20-11-13/h4-6,8,11,14,16H,2-3,7,9-10H2,1H3/t14-/m1/s1. The smallest absolute Gasteiger partial charge is 0.151 e. The van der Waals surface area contributed by atoms with Crippen LogP contribution in [0.25, 0.3) is 0 Å². The van der Waals surface area contributed by atoms with E-state index in [0.29, 0.717) is 6.04 Å². The number of nitrogens with one attached hydrogen (secondary N) is 1. The fourth-order valence-corrected chi connectivity index (χ4v) is 3.24.